The molecule has 0 bridgehead atoms. The maximum absolute atomic E-state index is 7.54. The van der Waals surface area contributed by atoms with Gasteiger partial charge >= 0.3 is 0 Å². The Morgan fingerprint density at radius 1 is 1.33 bits per heavy atom. The van der Waals surface area contributed by atoms with E-state index in [1.165, 1.54) is 43.4 Å². The molecule has 0 atom stereocenters. The number of benzene rings is 1. The van der Waals surface area contributed by atoms with Crippen molar-refractivity contribution in [1.29, 1.82) is 5.41 Å². The molecule has 0 aliphatic heterocycles. The summed E-state index contributed by atoms with van der Waals surface area (Å²) >= 11 is 0. The minimum atomic E-state index is 0.152. The van der Waals surface area contributed by atoms with Gasteiger partial charge in [0, 0.05) is 24.7 Å². The number of rotatable bonds is 6. The largest absolute Gasteiger partial charge is 0.384 e. The van der Waals surface area contributed by atoms with Crippen LogP contribution in [0.1, 0.15) is 56.2 Å². The van der Waals surface area contributed by atoms with Crippen LogP contribution in [0.25, 0.3) is 0 Å². The lowest BCUT2D eigenvalue weighted by Gasteiger charge is -2.31. The summed E-state index contributed by atoms with van der Waals surface area (Å²) in [6, 6.07) is 6.92. The summed E-state index contributed by atoms with van der Waals surface area (Å²) in [5.41, 5.74) is 9.01. The second kappa shape index (κ2) is 7.08. The Morgan fingerprint density at radius 2 is 2.00 bits per heavy atom. The molecule has 0 heterocycles. The van der Waals surface area contributed by atoms with E-state index in [1.807, 2.05) is 12.1 Å². The monoisotopic (exact) mass is 287 g/mol. The van der Waals surface area contributed by atoms with Crippen LogP contribution >= 0.6 is 0 Å². The first-order valence-electron chi connectivity index (χ1n) is 8.15. The number of amidine groups is 1. The lowest BCUT2D eigenvalue weighted by molar-refractivity contribution is 0.168. The zero-order chi connectivity index (χ0) is 15.4. The van der Waals surface area contributed by atoms with Gasteiger partial charge in [-0.3, -0.25) is 10.3 Å². The predicted molar refractivity (Wildman–Crippen MR) is 89.7 cm³/mol. The maximum Gasteiger partial charge on any atom is 0.122 e. The summed E-state index contributed by atoms with van der Waals surface area (Å²) in [6.45, 7) is 8.91. The number of hydrogen-bond donors (Lipinski definition) is 2. The number of nitrogens with zero attached hydrogens (tertiary/aromatic N) is 1. The highest BCUT2D eigenvalue weighted by Gasteiger charge is 2.23. The molecular weight excluding hydrogens is 258 g/mol. The molecular formula is C18H29N3. The van der Waals surface area contributed by atoms with Crippen molar-refractivity contribution in [1.82, 2.24) is 4.90 Å². The molecule has 0 unspecified atom stereocenters. The Morgan fingerprint density at radius 3 is 2.52 bits per heavy atom. The first-order valence-corrected chi connectivity index (χ1v) is 8.15. The van der Waals surface area contributed by atoms with Gasteiger partial charge in [-0.1, -0.05) is 38.8 Å². The van der Waals surface area contributed by atoms with Gasteiger partial charge in [-0.15, -0.1) is 0 Å². The summed E-state index contributed by atoms with van der Waals surface area (Å²) in [5.74, 6) is 0.849. The fraction of sp³-hybridized carbons (Fsp3) is 0.611. The molecule has 1 fully saturated rings. The molecule has 1 aromatic rings. The summed E-state index contributed by atoms with van der Waals surface area (Å²) in [4.78, 5) is 2.66. The van der Waals surface area contributed by atoms with Crippen LogP contribution in [0, 0.1) is 18.3 Å². The molecule has 0 saturated heterocycles. The van der Waals surface area contributed by atoms with E-state index in [9.17, 15) is 0 Å². The number of hydrogen-bond acceptors (Lipinski definition) is 2. The average Bonchev–Trinajstić information content (AvgIpc) is 2.93. The van der Waals surface area contributed by atoms with Crippen molar-refractivity contribution in [2.45, 2.75) is 59.0 Å². The highest BCUT2D eigenvalue weighted by atomic mass is 15.2. The van der Waals surface area contributed by atoms with Crippen LogP contribution in [-0.4, -0.2) is 23.3 Å². The van der Waals surface area contributed by atoms with Crippen LogP contribution in [0.15, 0.2) is 18.2 Å². The predicted octanol–water partition coefficient (Wildman–Crippen LogP) is 3.68. The van der Waals surface area contributed by atoms with E-state index >= 15 is 0 Å². The van der Waals surface area contributed by atoms with E-state index in [0.717, 1.165) is 18.2 Å². The van der Waals surface area contributed by atoms with Gasteiger partial charge in [0.1, 0.15) is 5.84 Å². The first-order chi connectivity index (χ1) is 9.97. The third-order valence-electron chi connectivity index (χ3n) is 4.47. The standard InChI is InChI=1S/C18H29N3/c1-13(2)11-21(17-6-4-5-7-17)12-16-9-8-15(18(19)20)10-14(16)3/h8-10,13,17H,4-7,11-12H2,1-3H3,(H3,19,20). The molecule has 3 heteroatoms. The van der Waals surface area contributed by atoms with Gasteiger partial charge in [-0.05, 0) is 42.9 Å². The number of aryl methyl sites for hydroxylation is 1. The van der Waals surface area contributed by atoms with Gasteiger partial charge < -0.3 is 5.73 Å². The molecule has 0 amide bonds. The van der Waals surface area contributed by atoms with E-state index in [1.54, 1.807) is 0 Å². The molecule has 1 aliphatic rings. The molecule has 2 rings (SSSR count). The highest BCUT2D eigenvalue weighted by molar-refractivity contribution is 5.95. The Bertz CT molecular complexity index is 487. The highest BCUT2D eigenvalue weighted by Crippen LogP contribution is 2.26. The Hall–Kier alpha value is -1.35. The second-order valence-corrected chi connectivity index (χ2v) is 6.82. The second-order valence-electron chi connectivity index (χ2n) is 6.82. The fourth-order valence-corrected chi connectivity index (χ4v) is 3.34. The molecule has 1 aromatic carbocycles. The van der Waals surface area contributed by atoms with Crippen LogP contribution in [0.5, 0.6) is 0 Å². The molecule has 21 heavy (non-hydrogen) atoms. The van der Waals surface area contributed by atoms with Gasteiger partial charge in [0.05, 0.1) is 0 Å². The Balaban J connectivity index is 2.13. The summed E-state index contributed by atoms with van der Waals surface area (Å²) in [7, 11) is 0. The van der Waals surface area contributed by atoms with Crippen molar-refractivity contribution < 1.29 is 0 Å². The molecule has 0 spiro atoms. The topological polar surface area (TPSA) is 53.1 Å². The zero-order valence-electron chi connectivity index (χ0n) is 13.7. The van der Waals surface area contributed by atoms with Crippen molar-refractivity contribution in [2.75, 3.05) is 6.54 Å². The number of nitrogens with two attached hydrogens (primary N) is 1. The van der Waals surface area contributed by atoms with Crippen molar-refractivity contribution in [3.05, 3.63) is 34.9 Å². The molecule has 0 radical (unpaired) electrons. The summed E-state index contributed by atoms with van der Waals surface area (Å²) < 4.78 is 0. The minimum Gasteiger partial charge on any atom is -0.384 e. The molecule has 3 N–H and O–H groups in total. The van der Waals surface area contributed by atoms with Crippen LogP contribution < -0.4 is 5.73 Å². The smallest absolute Gasteiger partial charge is 0.122 e. The van der Waals surface area contributed by atoms with E-state index in [4.69, 9.17) is 11.1 Å². The van der Waals surface area contributed by atoms with E-state index < -0.39 is 0 Å². The molecule has 1 saturated carbocycles. The van der Waals surface area contributed by atoms with Crippen molar-refractivity contribution in [3.8, 4) is 0 Å². The normalized spacial score (nSPS) is 16.0. The molecule has 0 aromatic heterocycles. The van der Waals surface area contributed by atoms with Crippen molar-refractivity contribution in [2.24, 2.45) is 11.7 Å². The van der Waals surface area contributed by atoms with Crippen molar-refractivity contribution >= 4 is 5.84 Å². The lowest BCUT2D eigenvalue weighted by Crippen LogP contribution is -2.35. The molecule has 116 valence electrons. The number of nitrogens with one attached hydrogen (secondary N) is 1. The molecule has 3 nitrogen and oxygen atoms in total. The maximum atomic E-state index is 7.54. The minimum absolute atomic E-state index is 0.152. The summed E-state index contributed by atoms with van der Waals surface area (Å²) in [6.07, 6.45) is 5.44. The third-order valence-corrected chi connectivity index (χ3v) is 4.47. The average molecular weight is 287 g/mol. The molecule has 1 aliphatic carbocycles. The van der Waals surface area contributed by atoms with Gasteiger partial charge in [-0.25, -0.2) is 0 Å². The van der Waals surface area contributed by atoms with Gasteiger partial charge in [0.2, 0.25) is 0 Å². The van der Waals surface area contributed by atoms with Crippen LogP contribution in [-0.2, 0) is 6.54 Å². The van der Waals surface area contributed by atoms with E-state index in [2.05, 4.69) is 31.7 Å². The third kappa shape index (κ3) is 4.31. The lowest BCUT2D eigenvalue weighted by atomic mass is 10.0. The van der Waals surface area contributed by atoms with E-state index in [0.29, 0.717) is 5.92 Å². The van der Waals surface area contributed by atoms with Gasteiger partial charge in [0.15, 0.2) is 0 Å². The van der Waals surface area contributed by atoms with Crippen molar-refractivity contribution in [3.63, 3.8) is 0 Å². The van der Waals surface area contributed by atoms with E-state index in [-0.39, 0.29) is 5.84 Å². The summed E-state index contributed by atoms with van der Waals surface area (Å²) in [5, 5.41) is 7.54. The van der Waals surface area contributed by atoms with Crippen LogP contribution in [0.3, 0.4) is 0 Å². The van der Waals surface area contributed by atoms with Crippen LogP contribution in [0.2, 0.25) is 0 Å². The van der Waals surface area contributed by atoms with Crippen LogP contribution in [0.4, 0.5) is 0 Å². The Kier molecular flexibility index (Phi) is 5.40. The van der Waals surface area contributed by atoms with Gasteiger partial charge in [0.25, 0.3) is 0 Å². The first kappa shape index (κ1) is 16.0. The Labute approximate surface area is 129 Å². The fourth-order valence-electron chi connectivity index (χ4n) is 3.34. The van der Waals surface area contributed by atoms with Gasteiger partial charge in [-0.2, -0.15) is 0 Å². The SMILES string of the molecule is Cc1cc(C(=N)N)ccc1CN(CC(C)C)C1CCCC1. The quantitative estimate of drug-likeness (QED) is 0.619. The number of nitrogen functional groups attached to an aromatic ring is 1. The zero-order valence-corrected chi connectivity index (χ0v) is 13.7.